The molecule has 92 valence electrons. The van der Waals surface area contributed by atoms with Gasteiger partial charge in [0.05, 0.1) is 16.7 Å². The Morgan fingerprint density at radius 1 is 1.33 bits per heavy atom. The summed E-state index contributed by atoms with van der Waals surface area (Å²) in [6, 6.07) is 4.12. The number of nitrogens with one attached hydrogen (secondary N) is 1. The molecule has 18 heavy (non-hydrogen) atoms. The van der Waals surface area contributed by atoms with Crippen molar-refractivity contribution in [2.24, 2.45) is 7.05 Å². The van der Waals surface area contributed by atoms with Gasteiger partial charge in [0, 0.05) is 11.9 Å². The Hall–Kier alpha value is -1.47. The molecule has 0 saturated heterocycles. The van der Waals surface area contributed by atoms with Crippen LogP contribution in [0.3, 0.4) is 0 Å². The maximum Gasteiger partial charge on any atom is 0.165 e. The number of anilines is 1. The molecule has 3 heterocycles. The second-order valence-electron chi connectivity index (χ2n) is 3.81. The largest absolute Gasteiger partial charge is 0.363 e. The van der Waals surface area contributed by atoms with E-state index in [9.17, 15) is 0 Å². The van der Waals surface area contributed by atoms with Crippen molar-refractivity contribution >= 4 is 44.2 Å². The van der Waals surface area contributed by atoms with Gasteiger partial charge >= 0.3 is 0 Å². The van der Waals surface area contributed by atoms with E-state index >= 15 is 0 Å². The lowest BCUT2D eigenvalue weighted by molar-refractivity contribution is 0.928. The first kappa shape index (κ1) is 11.6. The van der Waals surface area contributed by atoms with Gasteiger partial charge in [-0.15, -0.1) is 11.3 Å². The normalized spacial score (nSPS) is 11.0. The molecule has 0 aliphatic heterocycles. The predicted octanol–water partition coefficient (Wildman–Crippen LogP) is 2.80. The minimum Gasteiger partial charge on any atom is -0.363 e. The minimum atomic E-state index is 0.735. The summed E-state index contributed by atoms with van der Waals surface area (Å²) < 4.78 is 3.01. The highest BCUT2D eigenvalue weighted by atomic mass is 79.9. The summed E-state index contributed by atoms with van der Waals surface area (Å²) in [6.45, 7) is 0.735. The van der Waals surface area contributed by atoms with Gasteiger partial charge in [0.15, 0.2) is 11.5 Å². The third kappa shape index (κ3) is 2.11. The molecule has 3 rings (SSSR count). The predicted molar refractivity (Wildman–Crippen MR) is 75.6 cm³/mol. The van der Waals surface area contributed by atoms with E-state index in [1.807, 2.05) is 17.7 Å². The SMILES string of the molecule is Cn1cnc2c(NCc3ccc(Br)s3)ncnc21. The van der Waals surface area contributed by atoms with Crippen LogP contribution in [0, 0.1) is 0 Å². The third-order valence-corrected chi connectivity index (χ3v) is 4.18. The molecule has 0 amide bonds. The maximum absolute atomic E-state index is 4.31. The Balaban J connectivity index is 1.86. The minimum absolute atomic E-state index is 0.735. The monoisotopic (exact) mass is 323 g/mol. The molecule has 0 unspecified atom stereocenters. The van der Waals surface area contributed by atoms with Gasteiger partial charge < -0.3 is 9.88 Å². The number of thiophene rings is 1. The van der Waals surface area contributed by atoms with Crippen LogP contribution < -0.4 is 5.32 Å². The molecular weight excluding hydrogens is 314 g/mol. The van der Waals surface area contributed by atoms with E-state index < -0.39 is 0 Å². The number of hydrogen-bond acceptors (Lipinski definition) is 5. The summed E-state index contributed by atoms with van der Waals surface area (Å²) in [5.74, 6) is 0.769. The number of aryl methyl sites for hydroxylation is 1. The van der Waals surface area contributed by atoms with Gasteiger partial charge in [-0.1, -0.05) is 0 Å². The molecule has 0 radical (unpaired) electrons. The summed E-state index contributed by atoms with van der Waals surface area (Å²) >= 11 is 5.15. The van der Waals surface area contributed by atoms with Crippen LogP contribution in [0.25, 0.3) is 11.2 Å². The zero-order chi connectivity index (χ0) is 12.5. The van der Waals surface area contributed by atoms with Gasteiger partial charge in [-0.2, -0.15) is 0 Å². The average molecular weight is 324 g/mol. The fraction of sp³-hybridized carbons (Fsp3) is 0.182. The second-order valence-corrected chi connectivity index (χ2v) is 6.36. The van der Waals surface area contributed by atoms with Crippen molar-refractivity contribution in [3.8, 4) is 0 Å². The van der Waals surface area contributed by atoms with Crippen molar-refractivity contribution in [3.63, 3.8) is 0 Å². The van der Waals surface area contributed by atoms with Crippen molar-refractivity contribution in [1.29, 1.82) is 0 Å². The molecule has 3 aromatic rings. The van der Waals surface area contributed by atoms with E-state index in [1.54, 1.807) is 24.0 Å². The summed E-state index contributed by atoms with van der Waals surface area (Å²) in [5, 5.41) is 3.29. The zero-order valence-electron chi connectivity index (χ0n) is 9.59. The molecule has 0 saturated carbocycles. The van der Waals surface area contributed by atoms with E-state index in [0.29, 0.717) is 0 Å². The molecule has 0 aromatic carbocycles. The van der Waals surface area contributed by atoms with E-state index in [2.05, 4.69) is 42.3 Å². The number of hydrogen-bond donors (Lipinski definition) is 1. The molecule has 7 heteroatoms. The first-order valence-corrected chi connectivity index (χ1v) is 6.95. The van der Waals surface area contributed by atoms with Gasteiger partial charge in [-0.25, -0.2) is 15.0 Å². The Morgan fingerprint density at radius 2 is 2.22 bits per heavy atom. The number of halogens is 1. The average Bonchev–Trinajstić information content (AvgIpc) is 2.94. The molecule has 0 bridgehead atoms. The summed E-state index contributed by atoms with van der Waals surface area (Å²) in [6.07, 6.45) is 3.29. The highest BCUT2D eigenvalue weighted by Gasteiger charge is 2.08. The number of fused-ring (bicyclic) bond motifs is 1. The third-order valence-electron chi connectivity index (χ3n) is 2.56. The van der Waals surface area contributed by atoms with Gasteiger partial charge in [-0.3, -0.25) is 0 Å². The standard InChI is InChI=1S/C11H10BrN5S/c1-17-6-16-9-10(14-5-15-11(9)17)13-4-7-2-3-8(12)18-7/h2-3,5-6H,4H2,1H3,(H,13,14,15). The number of rotatable bonds is 3. The van der Waals surface area contributed by atoms with Gasteiger partial charge in [0.25, 0.3) is 0 Å². The van der Waals surface area contributed by atoms with Gasteiger partial charge in [0.1, 0.15) is 11.8 Å². The number of imidazole rings is 1. The lowest BCUT2D eigenvalue weighted by atomic mass is 10.4. The van der Waals surface area contributed by atoms with Crippen LogP contribution in [0.4, 0.5) is 5.82 Å². The van der Waals surface area contributed by atoms with Crippen molar-refractivity contribution in [2.45, 2.75) is 6.54 Å². The Bertz CT molecular complexity index is 690. The molecular formula is C11H10BrN5S. The van der Waals surface area contributed by atoms with Crippen molar-refractivity contribution in [3.05, 3.63) is 33.5 Å². The molecule has 0 atom stereocenters. The fourth-order valence-electron chi connectivity index (χ4n) is 1.69. The lowest BCUT2D eigenvalue weighted by Crippen LogP contribution is -2.01. The van der Waals surface area contributed by atoms with Crippen LogP contribution >= 0.6 is 27.3 Å². The van der Waals surface area contributed by atoms with Crippen LogP contribution in [0.2, 0.25) is 0 Å². The summed E-state index contributed by atoms with van der Waals surface area (Å²) in [7, 11) is 1.92. The van der Waals surface area contributed by atoms with Crippen LogP contribution in [-0.2, 0) is 13.6 Å². The smallest absolute Gasteiger partial charge is 0.165 e. The second kappa shape index (κ2) is 4.66. The van der Waals surface area contributed by atoms with Crippen molar-refractivity contribution < 1.29 is 0 Å². The van der Waals surface area contributed by atoms with Gasteiger partial charge in [0.2, 0.25) is 0 Å². The molecule has 1 N–H and O–H groups in total. The first-order chi connectivity index (χ1) is 8.74. The first-order valence-electron chi connectivity index (χ1n) is 5.34. The molecule has 0 aliphatic carbocycles. The Labute approximate surface area is 116 Å². The highest BCUT2D eigenvalue weighted by Crippen LogP contribution is 2.23. The fourth-order valence-corrected chi connectivity index (χ4v) is 3.12. The topological polar surface area (TPSA) is 55.6 Å². The van der Waals surface area contributed by atoms with E-state index in [1.165, 1.54) is 4.88 Å². The van der Waals surface area contributed by atoms with E-state index in [0.717, 1.165) is 27.3 Å². The number of nitrogens with zero attached hydrogens (tertiary/aromatic N) is 4. The zero-order valence-corrected chi connectivity index (χ0v) is 12.0. The maximum atomic E-state index is 4.31. The highest BCUT2D eigenvalue weighted by molar-refractivity contribution is 9.11. The molecule has 0 aliphatic rings. The van der Waals surface area contributed by atoms with Crippen LogP contribution in [0.15, 0.2) is 28.6 Å². The Morgan fingerprint density at radius 3 is 3.00 bits per heavy atom. The van der Waals surface area contributed by atoms with Crippen LogP contribution in [0.5, 0.6) is 0 Å². The van der Waals surface area contributed by atoms with Crippen molar-refractivity contribution in [1.82, 2.24) is 19.5 Å². The van der Waals surface area contributed by atoms with Crippen molar-refractivity contribution in [2.75, 3.05) is 5.32 Å². The molecule has 5 nitrogen and oxygen atoms in total. The lowest BCUT2D eigenvalue weighted by Gasteiger charge is -2.03. The molecule has 0 fully saturated rings. The number of aromatic nitrogens is 4. The van der Waals surface area contributed by atoms with E-state index in [4.69, 9.17) is 0 Å². The van der Waals surface area contributed by atoms with Crippen LogP contribution in [-0.4, -0.2) is 19.5 Å². The van der Waals surface area contributed by atoms with Gasteiger partial charge in [-0.05, 0) is 28.1 Å². The summed E-state index contributed by atoms with van der Waals surface area (Å²) in [5.41, 5.74) is 1.63. The van der Waals surface area contributed by atoms with E-state index in [-0.39, 0.29) is 0 Å². The molecule has 3 aromatic heterocycles. The Kier molecular flexibility index (Phi) is 3.00. The quantitative estimate of drug-likeness (QED) is 0.805. The summed E-state index contributed by atoms with van der Waals surface area (Å²) in [4.78, 5) is 14.0. The molecule has 0 spiro atoms. The van der Waals surface area contributed by atoms with Crippen LogP contribution in [0.1, 0.15) is 4.88 Å².